The Morgan fingerprint density at radius 3 is 2.46 bits per heavy atom. The fourth-order valence-electron chi connectivity index (χ4n) is 3.07. The highest BCUT2D eigenvalue weighted by atomic mass is 16.7. The molecule has 2 aliphatic rings. The molecule has 0 atom stereocenters. The van der Waals surface area contributed by atoms with E-state index in [0.29, 0.717) is 17.1 Å². The Morgan fingerprint density at radius 2 is 1.65 bits per heavy atom. The third-order valence-electron chi connectivity index (χ3n) is 4.46. The molecular formula is C18H23N3O5. The Hall–Kier alpha value is -2.77. The Bertz CT molecular complexity index is 685. The molecule has 8 nitrogen and oxygen atoms in total. The average Bonchev–Trinajstić information content (AvgIpc) is 3.13. The van der Waals surface area contributed by atoms with E-state index in [0.717, 1.165) is 25.7 Å². The van der Waals surface area contributed by atoms with Gasteiger partial charge in [-0.05, 0) is 31.0 Å². The second kappa shape index (κ2) is 8.55. The fraction of sp³-hybridized carbons (Fsp3) is 0.500. The Kier molecular flexibility index (Phi) is 5.93. The number of carbonyl (C=O) groups excluding carboxylic acids is 3. The molecule has 0 radical (unpaired) electrons. The summed E-state index contributed by atoms with van der Waals surface area (Å²) in [7, 11) is 0. The Balaban J connectivity index is 1.37. The second-order valence-electron chi connectivity index (χ2n) is 6.43. The van der Waals surface area contributed by atoms with Gasteiger partial charge in [0, 0.05) is 11.6 Å². The van der Waals surface area contributed by atoms with Crippen molar-refractivity contribution in [2.45, 2.75) is 38.1 Å². The molecule has 3 N–H and O–H groups in total. The van der Waals surface area contributed by atoms with E-state index in [1.807, 2.05) is 0 Å². The van der Waals surface area contributed by atoms with Crippen LogP contribution in [-0.2, 0) is 9.59 Å². The second-order valence-corrected chi connectivity index (χ2v) is 6.43. The van der Waals surface area contributed by atoms with Crippen molar-refractivity contribution in [1.82, 2.24) is 16.0 Å². The van der Waals surface area contributed by atoms with Crippen LogP contribution in [0.4, 0.5) is 0 Å². The van der Waals surface area contributed by atoms with Gasteiger partial charge in [-0.2, -0.15) is 0 Å². The molecule has 1 aromatic carbocycles. The van der Waals surface area contributed by atoms with Crippen LogP contribution in [-0.4, -0.2) is 43.6 Å². The van der Waals surface area contributed by atoms with Crippen molar-refractivity contribution in [3.05, 3.63) is 23.8 Å². The van der Waals surface area contributed by atoms with E-state index >= 15 is 0 Å². The molecule has 3 amide bonds. The maximum absolute atomic E-state index is 12.1. The summed E-state index contributed by atoms with van der Waals surface area (Å²) < 4.78 is 10.4. The first-order valence-electron chi connectivity index (χ1n) is 8.86. The van der Waals surface area contributed by atoms with Crippen LogP contribution in [0.3, 0.4) is 0 Å². The van der Waals surface area contributed by atoms with E-state index in [-0.39, 0.29) is 31.8 Å². The first kappa shape index (κ1) is 18.0. The van der Waals surface area contributed by atoms with Crippen molar-refractivity contribution in [1.29, 1.82) is 0 Å². The van der Waals surface area contributed by atoms with Crippen LogP contribution >= 0.6 is 0 Å². The van der Waals surface area contributed by atoms with Crippen molar-refractivity contribution in [2.24, 2.45) is 0 Å². The quantitative estimate of drug-likeness (QED) is 0.692. The number of benzene rings is 1. The Labute approximate surface area is 151 Å². The molecule has 3 rings (SSSR count). The van der Waals surface area contributed by atoms with Crippen molar-refractivity contribution < 1.29 is 23.9 Å². The van der Waals surface area contributed by atoms with Crippen molar-refractivity contribution in [3.8, 4) is 11.5 Å². The highest BCUT2D eigenvalue weighted by molar-refractivity contribution is 5.97. The minimum atomic E-state index is -0.419. The lowest BCUT2D eigenvalue weighted by Crippen LogP contribution is -2.45. The van der Waals surface area contributed by atoms with Crippen LogP contribution in [0.15, 0.2) is 18.2 Å². The summed E-state index contributed by atoms with van der Waals surface area (Å²) in [5.41, 5.74) is 0.372. The molecule has 0 aromatic heterocycles. The molecule has 0 bridgehead atoms. The zero-order chi connectivity index (χ0) is 18.4. The van der Waals surface area contributed by atoms with Crippen molar-refractivity contribution in [2.75, 3.05) is 19.9 Å². The molecule has 140 valence electrons. The lowest BCUT2D eigenvalue weighted by atomic mass is 9.95. The average molecular weight is 361 g/mol. The summed E-state index contributed by atoms with van der Waals surface area (Å²) in [6.45, 7) is -0.162. The summed E-state index contributed by atoms with van der Waals surface area (Å²) in [6, 6.07) is 5.01. The van der Waals surface area contributed by atoms with Gasteiger partial charge in [0.15, 0.2) is 11.5 Å². The zero-order valence-electron chi connectivity index (χ0n) is 14.5. The number of hydrogen-bond acceptors (Lipinski definition) is 5. The van der Waals surface area contributed by atoms with E-state index in [4.69, 9.17) is 9.47 Å². The standard InChI is InChI=1S/C18H23N3O5/c22-16(19-10-17(23)21-13-4-2-1-3-5-13)9-20-18(24)12-6-7-14-15(8-12)26-11-25-14/h6-8,13H,1-5,9-11H2,(H,19,22)(H,20,24)(H,21,23). The molecule has 1 saturated carbocycles. The van der Waals surface area contributed by atoms with Gasteiger partial charge in [0.25, 0.3) is 5.91 Å². The van der Waals surface area contributed by atoms with E-state index in [1.54, 1.807) is 18.2 Å². The van der Waals surface area contributed by atoms with E-state index in [2.05, 4.69) is 16.0 Å². The molecule has 1 heterocycles. The first-order chi connectivity index (χ1) is 12.6. The molecule has 1 aliphatic carbocycles. The molecule has 26 heavy (non-hydrogen) atoms. The maximum Gasteiger partial charge on any atom is 0.251 e. The van der Waals surface area contributed by atoms with Crippen molar-refractivity contribution in [3.63, 3.8) is 0 Å². The third kappa shape index (κ3) is 4.87. The van der Waals surface area contributed by atoms with Gasteiger partial charge in [0.1, 0.15) is 0 Å². The number of amides is 3. The smallest absolute Gasteiger partial charge is 0.251 e. The van der Waals surface area contributed by atoms with Gasteiger partial charge in [-0.25, -0.2) is 0 Å². The highest BCUT2D eigenvalue weighted by Crippen LogP contribution is 2.32. The van der Waals surface area contributed by atoms with Gasteiger partial charge < -0.3 is 25.4 Å². The monoisotopic (exact) mass is 361 g/mol. The number of fused-ring (bicyclic) bond motifs is 1. The van der Waals surface area contributed by atoms with Crippen LogP contribution in [0.25, 0.3) is 0 Å². The molecule has 1 fully saturated rings. The van der Waals surface area contributed by atoms with Gasteiger partial charge in [0.05, 0.1) is 13.1 Å². The molecule has 0 unspecified atom stereocenters. The Morgan fingerprint density at radius 1 is 0.923 bits per heavy atom. The minimum Gasteiger partial charge on any atom is -0.454 e. The number of carbonyl (C=O) groups is 3. The molecule has 8 heteroatoms. The predicted molar refractivity (Wildman–Crippen MR) is 92.9 cm³/mol. The van der Waals surface area contributed by atoms with E-state index in [9.17, 15) is 14.4 Å². The molecule has 0 spiro atoms. The summed E-state index contributed by atoms with van der Waals surface area (Å²) in [6.07, 6.45) is 5.45. The number of ether oxygens (including phenoxy) is 2. The molecular weight excluding hydrogens is 338 g/mol. The van der Waals surface area contributed by atoms with E-state index in [1.165, 1.54) is 6.42 Å². The predicted octanol–water partition coefficient (Wildman–Crippen LogP) is 0.710. The lowest BCUT2D eigenvalue weighted by molar-refractivity contribution is -0.126. The van der Waals surface area contributed by atoms with Crippen LogP contribution in [0.1, 0.15) is 42.5 Å². The molecule has 0 saturated heterocycles. The van der Waals surface area contributed by atoms with Crippen molar-refractivity contribution >= 4 is 17.7 Å². The summed E-state index contributed by atoms with van der Waals surface area (Å²) in [5.74, 6) is 0.0695. The maximum atomic E-state index is 12.1. The van der Waals surface area contributed by atoms with Gasteiger partial charge >= 0.3 is 0 Å². The largest absolute Gasteiger partial charge is 0.454 e. The number of hydrogen-bond donors (Lipinski definition) is 3. The van der Waals surface area contributed by atoms with Gasteiger partial charge in [-0.3, -0.25) is 14.4 Å². The van der Waals surface area contributed by atoms with Crippen LogP contribution in [0.2, 0.25) is 0 Å². The van der Waals surface area contributed by atoms with Crippen LogP contribution in [0, 0.1) is 0 Å². The summed E-state index contributed by atoms with van der Waals surface area (Å²) in [5, 5.41) is 7.95. The van der Waals surface area contributed by atoms with Gasteiger partial charge in [-0.15, -0.1) is 0 Å². The van der Waals surface area contributed by atoms with E-state index < -0.39 is 11.8 Å². The molecule has 1 aliphatic heterocycles. The zero-order valence-corrected chi connectivity index (χ0v) is 14.5. The van der Waals surface area contributed by atoms with Gasteiger partial charge in [0.2, 0.25) is 18.6 Å². The summed E-state index contributed by atoms with van der Waals surface area (Å²) >= 11 is 0. The normalized spacial score (nSPS) is 16.0. The minimum absolute atomic E-state index is 0.0881. The SMILES string of the molecule is O=C(CNC(=O)c1ccc2c(c1)OCO2)NCC(=O)NC1CCCCC1. The number of nitrogens with one attached hydrogen (secondary N) is 3. The lowest BCUT2D eigenvalue weighted by Gasteiger charge is -2.22. The van der Waals surface area contributed by atoms with Crippen LogP contribution in [0.5, 0.6) is 11.5 Å². The third-order valence-corrected chi connectivity index (χ3v) is 4.46. The summed E-state index contributed by atoms with van der Waals surface area (Å²) in [4.78, 5) is 35.7. The topological polar surface area (TPSA) is 106 Å². The highest BCUT2D eigenvalue weighted by Gasteiger charge is 2.18. The fourth-order valence-corrected chi connectivity index (χ4v) is 3.07. The van der Waals surface area contributed by atoms with Gasteiger partial charge in [-0.1, -0.05) is 19.3 Å². The first-order valence-corrected chi connectivity index (χ1v) is 8.86. The number of rotatable bonds is 6. The van der Waals surface area contributed by atoms with Crippen LogP contribution < -0.4 is 25.4 Å². The molecule has 1 aromatic rings.